The second-order valence-corrected chi connectivity index (χ2v) is 5.90. The predicted molar refractivity (Wildman–Crippen MR) is 92.6 cm³/mol. The Morgan fingerprint density at radius 1 is 1.00 bits per heavy atom. The molecule has 0 spiro atoms. The Balaban J connectivity index is 1.94. The summed E-state index contributed by atoms with van der Waals surface area (Å²) < 4.78 is 10.8. The van der Waals surface area contributed by atoms with Crippen molar-refractivity contribution in [2.75, 3.05) is 0 Å². The van der Waals surface area contributed by atoms with Crippen molar-refractivity contribution in [3.63, 3.8) is 0 Å². The second kappa shape index (κ2) is 6.84. The lowest BCUT2D eigenvalue weighted by atomic mass is 9.92. The number of ether oxygens (including phenoxy) is 2. The molecule has 0 saturated carbocycles. The van der Waals surface area contributed by atoms with Gasteiger partial charge in [-0.3, -0.25) is 19.7 Å². The summed E-state index contributed by atoms with van der Waals surface area (Å²) in [5, 5.41) is 2.53. The van der Waals surface area contributed by atoms with Crippen molar-refractivity contribution >= 4 is 17.7 Å². The highest BCUT2D eigenvalue weighted by molar-refractivity contribution is 6.05. The Labute approximate surface area is 150 Å². The van der Waals surface area contributed by atoms with Crippen molar-refractivity contribution in [3.8, 4) is 0 Å². The van der Waals surface area contributed by atoms with Gasteiger partial charge in [-0.1, -0.05) is 48.5 Å². The minimum atomic E-state index is -1.40. The normalized spacial score (nSPS) is 19.1. The number of rotatable bonds is 4. The summed E-state index contributed by atoms with van der Waals surface area (Å²) in [6.07, 6.45) is 0. The first-order valence-corrected chi connectivity index (χ1v) is 8.00. The van der Waals surface area contributed by atoms with E-state index in [9.17, 15) is 14.4 Å². The molecule has 0 fully saturated rings. The number of carbonyl (C=O) groups is 3. The van der Waals surface area contributed by atoms with Crippen LogP contribution in [0.4, 0.5) is 0 Å². The number of carbonyl (C=O) groups excluding carboxylic acids is 3. The van der Waals surface area contributed by atoms with Crippen molar-refractivity contribution in [2.45, 2.75) is 19.4 Å². The molecule has 1 aliphatic heterocycles. The molecule has 0 saturated heterocycles. The first-order valence-electron chi connectivity index (χ1n) is 8.00. The summed E-state index contributed by atoms with van der Waals surface area (Å²) >= 11 is 0. The Kier molecular flexibility index (Phi) is 4.58. The molecule has 132 valence electrons. The molecule has 1 atom stereocenters. The van der Waals surface area contributed by atoms with Gasteiger partial charge in [-0.05, 0) is 19.1 Å². The van der Waals surface area contributed by atoms with Crippen molar-refractivity contribution in [1.82, 2.24) is 5.32 Å². The van der Waals surface area contributed by atoms with Gasteiger partial charge in [0.1, 0.15) is 0 Å². The van der Waals surface area contributed by atoms with E-state index in [1.807, 2.05) is 6.07 Å². The molecule has 2 aromatic carbocycles. The van der Waals surface area contributed by atoms with Gasteiger partial charge in [0.15, 0.2) is 5.60 Å². The van der Waals surface area contributed by atoms with Gasteiger partial charge in [0.25, 0.3) is 11.7 Å². The van der Waals surface area contributed by atoms with E-state index in [4.69, 9.17) is 9.47 Å². The number of ketones is 1. The Morgan fingerprint density at radius 2 is 1.58 bits per heavy atom. The molecule has 6 nitrogen and oxygen atoms in total. The number of nitrogens with one attached hydrogen (secondary N) is 1. The lowest BCUT2D eigenvalue weighted by molar-refractivity contribution is -0.142. The summed E-state index contributed by atoms with van der Waals surface area (Å²) in [5.41, 5.74) is -0.434. The van der Waals surface area contributed by atoms with E-state index >= 15 is 0 Å². The fourth-order valence-electron chi connectivity index (χ4n) is 2.65. The van der Waals surface area contributed by atoms with E-state index in [2.05, 4.69) is 5.32 Å². The van der Waals surface area contributed by atoms with Crippen LogP contribution in [0.15, 0.2) is 72.3 Å². The number of Topliss-reactive ketones (excluding diaryl/α,β-unsaturated/α-hetero) is 1. The largest absolute Gasteiger partial charge is 0.456 e. The summed E-state index contributed by atoms with van der Waals surface area (Å²) in [6, 6.07) is 17.2. The van der Waals surface area contributed by atoms with Gasteiger partial charge >= 0.3 is 5.97 Å². The van der Waals surface area contributed by atoms with E-state index in [-0.39, 0.29) is 11.6 Å². The smallest absolute Gasteiger partial charge is 0.308 e. The van der Waals surface area contributed by atoms with Crippen LogP contribution in [0.5, 0.6) is 0 Å². The molecule has 6 heteroatoms. The van der Waals surface area contributed by atoms with Crippen LogP contribution in [-0.4, -0.2) is 17.7 Å². The molecule has 1 heterocycles. The Morgan fingerprint density at radius 3 is 2.15 bits per heavy atom. The van der Waals surface area contributed by atoms with Crippen LogP contribution in [-0.2, 0) is 24.7 Å². The van der Waals surface area contributed by atoms with Crippen LogP contribution in [0.1, 0.15) is 29.8 Å². The van der Waals surface area contributed by atoms with E-state index in [1.165, 1.54) is 6.92 Å². The van der Waals surface area contributed by atoms with Crippen LogP contribution < -0.4 is 5.32 Å². The number of esters is 1. The highest BCUT2D eigenvalue weighted by atomic mass is 16.6. The van der Waals surface area contributed by atoms with Crippen molar-refractivity contribution in [3.05, 3.63) is 83.4 Å². The lowest BCUT2D eigenvalue weighted by Crippen LogP contribution is -2.32. The van der Waals surface area contributed by atoms with Crippen LogP contribution in [0, 0.1) is 0 Å². The van der Waals surface area contributed by atoms with Gasteiger partial charge in [-0.25, -0.2) is 0 Å². The van der Waals surface area contributed by atoms with Crippen LogP contribution in [0.2, 0.25) is 0 Å². The summed E-state index contributed by atoms with van der Waals surface area (Å²) in [4.78, 5) is 36.7. The molecule has 1 aliphatic rings. The molecule has 1 unspecified atom stereocenters. The van der Waals surface area contributed by atoms with E-state index in [1.54, 1.807) is 61.5 Å². The molecular weight excluding hydrogens is 334 g/mol. The minimum Gasteiger partial charge on any atom is -0.456 e. The van der Waals surface area contributed by atoms with Crippen molar-refractivity contribution in [1.29, 1.82) is 0 Å². The molecule has 0 radical (unpaired) electrons. The van der Waals surface area contributed by atoms with E-state index < -0.39 is 23.3 Å². The van der Waals surface area contributed by atoms with E-state index in [0.29, 0.717) is 11.1 Å². The van der Waals surface area contributed by atoms with Crippen molar-refractivity contribution in [2.24, 2.45) is 0 Å². The topological polar surface area (TPSA) is 81.7 Å². The first kappa shape index (κ1) is 17.4. The SMILES string of the molecule is CC(=O)OC1=C(NC(=O)c2ccccc2)OC(C)(c2ccccc2)C1=O. The molecule has 26 heavy (non-hydrogen) atoms. The monoisotopic (exact) mass is 351 g/mol. The standard InChI is InChI=1S/C20H17NO5/c1-13(22)25-16-17(23)20(2,15-11-7-4-8-12-15)26-19(16)21-18(24)14-9-5-3-6-10-14/h3-12H,1-2H3,(H,21,24). The number of amides is 1. The first-order chi connectivity index (χ1) is 12.4. The summed E-state index contributed by atoms with van der Waals surface area (Å²) in [7, 11) is 0. The highest BCUT2D eigenvalue weighted by Gasteiger charge is 2.49. The average molecular weight is 351 g/mol. The maximum absolute atomic E-state index is 12.9. The van der Waals surface area contributed by atoms with Gasteiger partial charge in [0, 0.05) is 18.1 Å². The zero-order chi connectivity index (χ0) is 18.7. The zero-order valence-corrected chi connectivity index (χ0v) is 14.3. The molecule has 3 rings (SSSR count). The van der Waals surface area contributed by atoms with Crippen LogP contribution in [0.25, 0.3) is 0 Å². The number of benzene rings is 2. The van der Waals surface area contributed by atoms with Gasteiger partial charge < -0.3 is 9.47 Å². The molecular formula is C20H17NO5. The van der Waals surface area contributed by atoms with Crippen molar-refractivity contribution < 1.29 is 23.9 Å². The number of hydrogen-bond donors (Lipinski definition) is 1. The van der Waals surface area contributed by atoms with E-state index in [0.717, 1.165) is 0 Å². The Hall–Kier alpha value is -3.41. The number of hydrogen-bond acceptors (Lipinski definition) is 5. The average Bonchev–Trinajstić information content (AvgIpc) is 2.88. The Bertz CT molecular complexity index is 889. The fourth-order valence-corrected chi connectivity index (χ4v) is 2.65. The maximum Gasteiger partial charge on any atom is 0.308 e. The van der Waals surface area contributed by atoms with Gasteiger partial charge in [0.05, 0.1) is 0 Å². The van der Waals surface area contributed by atoms with Gasteiger partial charge in [-0.2, -0.15) is 0 Å². The summed E-state index contributed by atoms with van der Waals surface area (Å²) in [5.74, 6) is -2.18. The summed E-state index contributed by atoms with van der Waals surface area (Å²) in [6.45, 7) is 2.74. The second-order valence-electron chi connectivity index (χ2n) is 5.90. The third kappa shape index (κ3) is 3.21. The molecule has 0 aliphatic carbocycles. The third-order valence-electron chi connectivity index (χ3n) is 3.99. The van der Waals surface area contributed by atoms with Gasteiger partial charge in [-0.15, -0.1) is 0 Å². The minimum absolute atomic E-state index is 0.176. The molecule has 1 N–H and O–H groups in total. The molecule has 1 amide bonds. The van der Waals surface area contributed by atoms with Crippen LogP contribution >= 0.6 is 0 Å². The molecule has 2 aromatic rings. The highest BCUT2D eigenvalue weighted by Crippen LogP contribution is 2.38. The molecule has 0 bridgehead atoms. The fraction of sp³-hybridized carbons (Fsp3) is 0.150. The maximum atomic E-state index is 12.9. The lowest BCUT2D eigenvalue weighted by Gasteiger charge is -2.23. The zero-order valence-electron chi connectivity index (χ0n) is 14.3. The van der Waals surface area contributed by atoms with Gasteiger partial charge in [0.2, 0.25) is 11.6 Å². The van der Waals surface area contributed by atoms with Crippen LogP contribution in [0.3, 0.4) is 0 Å². The third-order valence-corrected chi connectivity index (χ3v) is 3.99. The quantitative estimate of drug-likeness (QED) is 0.857. The molecule has 0 aromatic heterocycles. The predicted octanol–water partition coefficient (Wildman–Crippen LogP) is 2.66.